The first-order valence-corrected chi connectivity index (χ1v) is 11.1. The number of carbonyl (C=O) groups excluding carboxylic acids is 2. The highest BCUT2D eigenvalue weighted by Crippen LogP contribution is 2.26. The Bertz CT molecular complexity index is 883. The quantitative estimate of drug-likeness (QED) is 0.575. The van der Waals surface area contributed by atoms with Crippen LogP contribution < -0.4 is 10.1 Å². The Labute approximate surface area is 187 Å². The summed E-state index contributed by atoms with van der Waals surface area (Å²) in [5.74, 6) is 0.187. The monoisotopic (exact) mass is 474 g/mol. The Morgan fingerprint density at radius 3 is 2.43 bits per heavy atom. The van der Waals surface area contributed by atoms with Crippen molar-refractivity contribution >= 4 is 27.7 Å². The van der Waals surface area contributed by atoms with Gasteiger partial charge in [-0.2, -0.15) is 0 Å². The van der Waals surface area contributed by atoms with E-state index in [0.717, 1.165) is 22.0 Å². The summed E-state index contributed by atoms with van der Waals surface area (Å²) in [5.41, 5.74) is 3.26. The van der Waals surface area contributed by atoms with Gasteiger partial charge in [0.1, 0.15) is 11.8 Å². The molecule has 6 heteroatoms. The number of ether oxygens (including phenoxy) is 1. The number of aryl methyl sites for hydroxylation is 2. The standard InChI is InChI=1S/C24H31BrN2O3/c1-6-19-11-12-22(21(25)13-19)30-15-23(28)27(18(5)24(29)26-16(2)3)14-20-10-8-7-9-17(20)4/h7-13,16,18H,6,14-15H2,1-5H3,(H,26,29)/t18-/m0/s1. The van der Waals surface area contributed by atoms with Gasteiger partial charge < -0.3 is 15.0 Å². The summed E-state index contributed by atoms with van der Waals surface area (Å²) < 4.78 is 6.60. The van der Waals surface area contributed by atoms with Crippen LogP contribution in [0.25, 0.3) is 0 Å². The number of hydrogen-bond acceptors (Lipinski definition) is 3. The minimum absolute atomic E-state index is 0.000325. The van der Waals surface area contributed by atoms with E-state index in [-0.39, 0.29) is 24.5 Å². The van der Waals surface area contributed by atoms with Crippen molar-refractivity contribution in [3.63, 3.8) is 0 Å². The van der Waals surface area contributed by atoms with Gasteiger partial charge in [0.05, 0.1) is 4.47 Å². The molecule has 30 heavy (non-hydrogen) atoms. The summed E-state index contributed by atoms with van der Waals surface area (Å²) in [4.78, 5) is 27.3. The zero-order valence-electron chi connectivity index (χ0n) is 18.4. The van der Waals surface area contributed by atoms with Gasteiger partial charge in [0.2, 0.25) is 5.91 Å². The minimum atomic E-state index is -0.617. The highest BCUT2D eigenvalue weighted by atomic mass is 79.9. The largest absolute Gasteiger partial charge is 0.483 e. The Morgan fingerprint density at radius 1 is 1.13 bits per heavy atom. The molecular weight excluding hydrogens is 444 g/mol. The second kappa shape index (κ2) is 11.2. The van der Waals surface area contributed by atoms with Crippen LogP contribution in [0.15, 0.2) is 46.9 Å². The lowest BCUT2D eigenvalue weighted by molar-refractivity contribution is -0.142. The van der Waals surface area contributed by atoms with E-state index >= 15 is 0 Å². The van der Waals surface area contributed by atoms with Crippen LogP contribution in [-0.4, -0.2) is 35.4 Å². The molecule has 0 aromatic heterocycles. The van der Waals surface area contributed by atoms with Gasteiger partial charge in [-0.3, -0.25) is 9.59 Å². The zero-order valence-corrected chi connectivity index (χ0v) is 20.0. The SMILES string of the molecule is CCc1ccc(OCC(=O)N(Cc2ccccc2C)[C@@H](C)C(=O)NC(C)C)c(Br)c1. The molecule has 162 valence electrons. The zero-order chi connectivity index (χ0) is 22.3. The molecule has 0 bridgehead atoms. The van der Waals surface area contributed by atoms with Crippen molar-refractivity contribution < 1.29 is 14.3 Å². The van der Waals surface area contributed by atoms with Gasteiger partial charge in [-0.25, -0.2) is 0 Å². The molecule has 2 rings (SSSR count). The van der Waals surface area contributed by atoms with Gasteiger partial charge in [0, 0.05) is 12.6 Å². The van der Waals surface area contributed by atoms with E-state index in [1.54, 1.807) is 11.8 Å². The highest BCUT2D eigenvalue weighted by molar-refractivity contribution is 9.10. The number of benzene rings is 2. The summed E-state index contributed by atoms with van der Waals surface area (Å²) in [6, 6.07) is 13.1. The Balaban J connectivity index is 2.18. The van der Waals surface area contributed by atoms with Crippen molar-refractivity contribution in [3.05, 3.63) is 63.6 Å². The predicted molar refractivity (Wildman–Crippen MR) is 123 cm³/mol. The maximum atomic E-state index is 13.1. The molecule has 1 N–H and O–H groups in total. The number of hydrogen-bond donors (Lipinski definition) is 1. The van der Waals surface area contributed by atoms with Gasteiger partial charge in [-0.05, 0) is 78.9 Å². The number of rotatable bonds is 9. The van der Waals surface area contributed by atoms with E-state index in [2.05, 4.69) is 28.2 Å². The van der Waals surface area contributed by atoms with Gasteiger partial charge in [0.15, 0.2) is 6.61 Å². The third-order valence-electron chi connectivity index (χ3n) is 4.96. The van der Waals surface area contributed by atoms with Crippen molar-refractivity contribution in [1.82, 2.24) is 10.2 Å². The maximum Gasteiger partial charge on any atom is 0.261 e. The van der Waals surface area contributed by atoms with E-state index in [1.807, 2.05) is 63.2 Å². The average molecular weight is 475 g/mol. The normalized spacial score (nSPS) is 11.8. The molecule has 0 aliphatic heterocycles. The van der Waals surface area contributed by atoms with E-state index < -0.39 is 6.04 Å². The Kier molecular flexibility index (Phi) is 8.90. The van der Waals surface area contributed by atoms with Crippen LogP contribution >= 0.6 is 15.9 Å². The molecule has 0 aliphatic carbocycles. The van der Waals surface area contributed by atoms with Crippen LogP contribution in [0.3, 0.4) is 0 Å². The maximum absolute atomic E-state index is 13.1. The number of nitrogens with one attached hydrogen (secondary N) is 1. The van der Waals surface area contributed by atoms with Crippen molar-refractivity contribution in [3.8, 4) is 5.75 Å². The van der Waals surface area contributed by atoms with E-state index in [9.17, 15) is 9.59 Å². The van der Waals surface area contributed by atoms with Crippen LogP contribution in [0.5, 0.6) is 5.75 Å². The van der Waals surface area contributed by atoms with Gasteiger partial charge in [-0.15, -0.1) is 0 Å². The van der Waals surface area contributed by atoms with Gasteiger partial charge in [-0.1, -0.05) is 37.3 Å². The first-order valence-electron chi connectivity index (χ1n) is 10.3. The second-order valence-corrected chi connectivity index (χ2v) is 8.55. The molecular formula is C24H31BrN2O3. The topological polar surface area (TPSA) is 58.6 Å². The van der Waals surface area contributed by atoms with E-state index in [0.29, 0.717) is 12.3 Å². The molecule has 0 saturated carbocycles. The summed E-state index contributed by atoms with van der Waals surface area (Å²) in [6.45, 7) is 9.84. The van der Waals surface area contributed by atoms with Crippen LogP contribution in [0, 0.1) is 6.92 Å². The fourth-order valence-electron chi connectivity index (χ4n) is 3.06. The molecule has 1 atom stereocenters. The molecule has 0 aliphatic rings. The highest BCUT2D eigenvalue weighted by Gasteiger charge is 2.27. The van der Waals surface area contributed by atoms with Crippen molar-refractivity contribution in [2.24, 2.45) is 0 Å². The molecule has 0 radical (unpaired) electrons. The van der Waals surface area contributed by atoms with Gasteiger partial charge in [0.25, 0.3) is 5.91 Å². The molecule has 2 aromatic rings. The molecule has 0 spiro atoms. The van der Waals surface area contributed by atoms with Crippen LogP contribution in [0.1, 0.15) is 44.4 Å². The van der Waals surface area contributed by atoms with Crippen molar-refractivity contribution in [1.29, 1.82) is 0 Å². The van der Waals surface area contributed by atoms with E-state index in [4.69, 9.17) is 4.74 Å². The second-order valence-electron chi connectivity index (χ2n) is 7.69. The summed E-state index contributed by atoms with van der Waals surface area (Å²) >= 11 is 3.50. The molecule has 2 aromatic carbocycles. The molecule has 5 nitrogen and oxygen atoms in total. The number of halogens is 1. The van der Waals surface area contributed by atoms with Crippen molar-refractivity contribution in [2.75, 3.05) is 6.61 Å². The summed E-state index contributed by atoms with van der Waals surface area (Å²) in [6.07, 6.45) is 0.921. The number of carbonyl (C=O) groups is 2. The molecule has 0 unspecified atom stereocenters. The van der Waals surface area contributed by atoms with Crippen LogP contribution in [0.4, 0.5) is 0 Å². The first kappa shape index (κ1) is 23.9. The molecule has 0 saturated heterocycles. The predicted octanol–water partition coefficient (Wildman–Crippen LogP) is 4.64. The first-order chi connectivity index (χ1) is 14.2. The Morgan fingerprint density at radius 2 is 1.83 bits per heavy atom. The molecule has 0 fully saturated rings. The van der Waals surface area contributed by atoms with E-state index in [1.165, 1.54) is 5.56 Å². The molecule has 2 amide bonds. The summed E-state index contributed by atoms with van der Waals surface area (Å²) in [5, 5.41) is 2.89. The fourth-order valence-corrected chi connectivity index (χ4v) is 3.60. The Hall–Kier alpha value is -2.34. The van der Waals surface area contributed by atoms with Crippen LogP contribution in [-0.2, 0) is 22.6 Å². The lowest BCUT2D eigenvalue weighted by Crippen LogP contribution is -2.50. The van der Waals surface area contributed by atoms with Crippen LogP contribution in [0.2, 0.25) is 0 Å². The van der Waals surface area contributed by atoms with Gasteiger partial charge >= 0.3 is 0 Å². The lowest BCUT2D eigenvalue weighted by Gasteiger charge is -2.30. The summed E-state index contributed by atoms with van der Waals surface area (Å²) in [7, 11) is 0. The minimum Gasteiger partial charge on any atom is -0.483 e. The molecule has 0 heterocycles. The average Bonchev–Trinajstić information content (AvgIpc) is 2.71. The third-order valence-corrected chi connectivity index (χ3v) is 5.58. The smallest absolute Gasteiger partial charge is 0.261 e. The lowest BCUT2D eigenvalue weighted by atomic mass is 10.1. The third kappa shape index (κ3) is 6.59. The number of nitrogens with zero attached hydrogens (tertiary/aromatic N) is 1. The van der Waals surface area contributed by atoms with Crippen molar-refractivity contribution in [2.45, 2.75) is 59.7 Å². The number of amides is 2. The fraction of sp³-hybridized carbons (Fsp3) is 0.417.